The van der Waals surface area contributed by atoms with Crippen molar-refractivity contribution in [2.45, 2.75) is 32.0 Å². The fourth-order valence-electron chi connectivity index (χ4n) is 2.80. The molecule has 0 fully saturated rings. The second kappa shape index (κ2) is 5.13. The Hall–Kier alpha value is -0.680. The molecule has 2 aromatic heterocycles. The van der Waals surface area contributed by atoms with Crippen LogP contribution in [0.5, 0.6) is 0 Å². The van der Waals surface area contributed by atoms with Gasteiger partial charge >= 0.3 is 0 Å². The van der Waals surface area contributed by atoms with Crippen molar-refractivity contribution in [1.82, 2.24) is 4.90 Å². The molecule has 0 amide bonds. The van der Waals surface area contributed by atoms with Crippen LogP contribution in [0.4, 0.5) is 0 Å². The molecule has 2 nitrogen and oxygen atoms in total. The van der Waals surface area contributed by atoms with Crippen LogP contribution < -0.4 is 5.73 Å². The van der Waals surface area contributed by atoms with Crippen LogP contribution in [0.3, 0.4) is 0 Å². The molecule has 1 aliphatic heterocycles. The summed E-state index contributed by atoms with van der Waals surface area (Å²) in [5, 5.41) is 6.58. The van der Waals surface area contributed by atoms with E-state index in [4.69, 9.17) is 5.73 Å². The van der Waals surface area contributed by atoms with Gasteiger partial charge in [0.1, 0.15) is 0 Å². The van der Waals surface area contributed by atoms with Gasteiger partial charge in [-0.2, -0.15) is 11.3 Å². The lowest BCUT2D eigenvalue weighted by molar-refractivity contribution is 0.161. The molecule has 3 rings (SSSR count). The Labute approximate surface area is 116 Å². The van der Waals surface area contributed by atoms with E-state index >= 15 is 0 Å². The smallest absolute Gasteiger partial charge is 0.0508 e. The molecule has 96 valence electrons. The predicted molar refractivity (Wildman–Crippen MR) is 79.1 cm³/mol. The molecule has 0 spiro atoms. The maximum Gasteiger partial charge on any atom is 0.0508 e. The summed E-state index contributed by atoms with van der Waals surface area (Å²) in [6.07, 6.45) is 1.17. The first-order valence-electron chi connectivity index (χ1n) is 6.32. The Balaban J connectivity index is 1.85. The molecule has 0 bridgehead atoms. The molecule has 0 saturated heterocycles. The molecule has 0 saturated carbocycles. The SMILES string of the molecule is CC(N)C(c1ccsc1)N1CCc2sccc2C1. The summed E-state index contributed by atoms with van der Waals surface area (Å²) < 4.78 is 0. The van der Waals surface area contributed by atoms with Crippen LogP contribution in [0.2, 0.25) is 0 Å². The van der Waals surface area contributed by atoms with Crippen molar-refractivity contribution >= 4 is 22.7 Å². The van der Waals surface area contributed by atoms with E-state index in [2.05, 4.69) is 40.1 Å². The van der Waals surface area contributed by atoms with Gasteiger partial charge in [-0.15, -0.1) is 11.3 Å². The molecule has 18 heavy (non-hydrogen) atoms. The number of hydrogen-bond donors (Lipinski definition) is 1. The Morgan fingerprint density at radius 3 is 2.94 bits per heavy atom. The minimum Gasteiger partial charge on any atom is -0.326 e. The molecule has 2 unspecified atom stereocenters. The number of thiophene rings is 2. The summed E-state index contributed by atoms with van der Waals surface area (Å²) in [6.45, 7) is 4.28. The molecule has 0 aliphatic carbocycles. The third kappa shape index (κ3) is 2.26. The molecule has 1 aliphatic rings. The van der Waals surface area contributed by atoms with Gasteiger partial charge in [-0.3, -0.25) is 4.90 Å². The Morgan fingerprint density at radius 1 is 1.33 bits per heavy atom. The standard InChI is InChI=1S/C14H18N2S2/c1-10(15)14(12-3-6-17-9-12)16-5-2-13-11(8-16)4-7-18-13/h3-4,6-7,9-10,14H,2,5,8,15H2,1H3. The Kier molecular flexibility index (Phi) is 3.52. The van der Waals surface area contributed by atoms with E-state index in [-0.39, 0.29) is 6.04 Å². The third-order valence-electron chi connectivity index (χ3n) is 3.61. The van der Waals surface area contributed by atoms with Crippen LogP contribution in [-0.4, -0.2) is 17.5 Å². The molecular weight excluding hydrogens is 260 g/mol. The quantitative estimate of drug-likeness (QED) is 0.934. The summed E-state index contributed by atoms with van der Waals surface area (Å²) >= 11 is 3.65. The van der Waals surface area contributed by atoms with Gasteiger partial charge in [0.2, 0.25) is 0 Å². The van der Waals surface area contributed by atoms with Crippen LogP contribution in [0.1, 0.15) is 29.0 Å². The van der Waals surface area contributed by atoms with Crippen LogP contribution >= 0.6 is 22.7 Å². The first-order valence-corrected chi connectivity index (χ1v) is 8.15. The van der Waals surface area contributed by atoms with Gasteiger partial charge in [0, 0.05) is 24.0 Å². The lowest BCUT2D eigenvalue weighted by Crippen LogP contribution is -2.41. The van der Waals surface area contributed by atoms with E-state index in [1.165, 1.54) is 17.5 Å². The fourth-order valence-corrected chi connectivity index (χ4v) is 4.38. The van der Waals surface area contributed by atoms with Crippen molar-refractivity contribution in [3.05, 3.63) is 44.3 Å². The van der Waals surface area contributed by atoms with Gasteiger partial charge in [-0.05, 0) is 52.7 Å². The fraction of sp³-hybridized carbons (Fsp3) is 0.429. The van der Waals surface area contributed by atoms with Gasteiger partial charge in [0.15, 0.2) is 0 Å². The summed E-state index contributed by atoms with van der Waals surface area (Å²) in [7, 11) is 0. The molecule has 2 N–H and O–H groups in total. The van der Waals surface area contributed by atoms with Gasteiger partial charge in [0.25, 0.3) is 0 Å². The van der Waals surface area contributed by atoms with E-state index in [9.17, 15) is 0 Å². The highest BCUT2D eigenvalue weighted by Gasteiger charge is 2.27. The Bertz CT molecular complexity index is 502. The summed E-state index contributed by atoms with van der Waals surface area (Å²) in [5.41, 5.74) is 9.08. The molecule has 2 aromatic rings. The van der Waals surface area contributed by atoms with Crippen molar-refractivity contribution in [3.63, 3.8) is 0 Å². The second-order valence-electron chi connectivity index (χ2n) is 4.95. The van der Waals surface area contributed by atoms with Gasteiger partial charge in [-0.25, -0.2) is 0 Å². The van der Waals surface area contributed by atoms with Crippen molar-refractivity contribution < 1.29 is 0 Å². The van der Waals surface area contributed by atoms with E-state index in [0.29, 0.717) is 6.04 Å². The van der Waals surface area contributed by atoms with Gasteiger partial charge < -0.3 is 5.73 Å². The maximum atomic E-state index is 6.22. The second-order valence-corrected chi connectivity index (χ2v) is 6.73. The zero-order valence-corrected chi connectivity index (χ0v) is 12.1. The number of nitrogens with zero attached hydrogens (tertiary/aromatic N) is 1. The van der Waals surface area contributed by atoms with Crippen LogP contribution in [0.15, 0.2) is 28.3 Å². The lowest BCUT2D eigenvalue weighted by atomic mass is 9.99. The average molecular weight is 278 g/mol. The zero-order chi connectivity index (χ0) is 12.5. The van der Waals surface area contributed by atoms with Crippen molar-refractivity contribution in [2.75, 3.05) is 6.54 Å². The van der Waals surface area contributed by atoms with Crippen LogP contribution in [0, 0.1) is 0 Å². The molecular formula is C14H18N2S2. The molecule has 2 atom stereocenters. The molecule has 3 heterocycles. The van der Waals surface area contributed by atoms with E-state index in [1.54, 1.807) is 16.2 Å². The average Bonchev–Trinajstić information content (AvgIpc) is 2.98. The van der Waals surface area contributed by atoms with Crippen LogP contribution in [-0.2, 0) is 13.0 Å². The molecule has 4 heteroatoms. The summed E-state index contributed by atoms with van der Waals surface area (Å²) in [6, 6.07) is 4.99. The largest absolute Gasteiger partial charge is 0.326 e. The normalized spacial score (nSPS) is 19.4. The Morgan fingerprint density at radius 2 is 2.22 bits per heavy atom. The lowest BCUT2D eigenvalue weighted by Gasteiger charge is -2.36. The number of hydrogen-bond acceptors (Lipinski definition) is 4. The number of fused-ring (bicyclic) bond motifs is 1. The highest BCUT2D eigenvalue weighted by atomic mass is 32.1. The van der Waals surface area contributed by atoms with Crippen molar-refractivity contribution in [1.29, 1.82) is 0 Å². The predicted octanol–water partition coefficient (Wildman–Crippen LogP) is 3.26. The first kappa shape index (κ1) is 12.4. The van der Waals surface area contributed by atoms with Gasteiger partial charge in [0.05, 0.1) is 6.04 Å². The van der Waals surface area contributed by atoms with Crippen molar-refractivity contribution in [3.8, 4) is 0 Å². The maximum absolute atomic E-state index is 6.22. The highest BCUT2D eigenvalue weighted by Crippen LogP contribution is 2.32. The minimum absolute atomic E-state index is 0.166. The minimum atomic E-state index is 0.166. The zero-order valence-electron chi connectivity index (χ0n) is 10.5. The topological polar surface area (TPSA) is 29.3 Å². The van der Waals surface area contributed by atoms with Crippen LogP contribution in [0.25, 0.3) is 0 Å². The summed E-state index contributed by atoms with van der Waals surface area (Å²) in [4.78, 5) is 4.09. The van der Waals surface area contributed by atoms with E-state index in [1.807, 2.05) is 11.3 Å². The van der Waals surface area contributed by atoms with Crippen molar-refractivity contribution in [2.24, 2.45) is 5.73 Å². The van der Waals surface area contributed by atoms with Gasteiger partial charge in [-0.1, -0.05) is 0 Å². The number of rotatable bonds is 3. The summed E-state index contributed by atoms with van der Waals surface area (Å²) in [5.74, 6) is 0. The first-order chi connectivity index (χ1) is 8.75. The van der Waals surface area contributed by atoms with E-state index in [0.717, 1.165) is 13.1 Å². The van der Waals surface area contributed by atoms with E-state index < -0.39 is 0 Å². The monoisotopic (exact) mass is 278 g/mol. The number of nitrogens with two attached hydrogens (primary N) is 1. The molecule has 0 aromatic carbocycles. The highest BCUT2D eigenvalue weighted by molar-refractivity contribution is 7.10. The molecule has 0 radical (unpaired) electrons. The third-order valence-corrected chi connectivity index (χ3v) is 5.34.